The van der Waals surface area contributed by atoms with Gasteiger partial charge in [0.05, 0.1) is 37.0 Å². The minimum atomic E-state index is -3.23. The molecule has 19 heavy (non-hydrogen) atoms. The third kappa shape index (κ3) is 2.82. The Balaban J connectivity index is 2.30. The topological polar surface area (TPSA) is 64.4 Å². The second-order valence-corrected chi connectivity index (χ2v) is 6.92. The molecule has 1 atom stereocenters. The highest BCUT2D eigenvalue weighted by molar-refractivity contribution is 7.89. The van der Waals surface area contributed by atoms with Gasteiger partial charge in [-0.05, 0) is 13.8 Å². The van der Waals surface area contributed by atoms with E-state index in [1.807, 2.05) is 18.5 Å². The highest BCUT2D eigenvalue weighted by Gasteiger charge is 2.35. The summed E-state index contributed by atoms with van der Waals surface area (Å²) in [4.78, 5) is 4.29. The lowest BCUT2D eigenvalue weighted by Crippen LogP contribution is -2.47. The molecule has 2 rings (SSSR count). The first-order valence-electron chi connectivity index (χ1n) is 6.56. The molecule has 0 saturated heterocycles. The molecule has 1 aliphatic rings. The van der Waals surface area contributed by atoms with Gasteiger partial charge in [-0.15, -0.1) is 0 Å². The second-order valence-electron chi connectivity index (χ2n) is 4.71. The molecule has 0 N–H and O–H groups in total. The van der Waals surface area contributed by atoms with Crippen LogP contribution in [0.1, 0.15) is 25.2 Å². The fraction of sp³-hybridized carbons (Fsp3) is 0.750. The molecular weight excluding hydrogens is 266 g/mol. The molecule has 108 valence electrons. The smallest absolute Gasteiger partial charge is 0.214 e. The Bertz CT molecular complexity index is 538. The normalized spacial score (nSPS) is 20.5. The quantitative estimate of drug-likeness (QED) is 0.792. The minimum absolute atomic E-state index is 0.109. The Labute approximate surface area is 114 Å². The van der Waals surface area contributed by atoms with Crippen molar-refractivity contribution in [2.24, 2.45) is 7.05 Å². The molecule has 0 aromatic carbocycles. The molecule has 0 fully saturated rings. The summed E-state index contributed by atoms with van der Waals surface area (Å²) in [5.41, 5.74) is 1.96. The van der Waals surface area contributed by atoms with Crippen LogP contribution in [0.15, 0.2) is 6.33 Å². The highest BCUT2D eigenvalue weighted by Crippen LogP contribution is 2.25. The first-order valence-corrected chi connectivity index (χ1v) is 8.16. The maximum Gasteiger partial charge on any atom is 0.214 e. The van der Waals surface area contributed by atoms with E-state index in [0.717, 1.165) is 11.4 Å². The van der Waals surface area contributed by atoms with Crippen LogP contribution in [-0.2, 0) is 34.8 Å². The number of hydrogen-bond donors (Lipinski definition) is 0. The van der Waals surface area contributed by atoms with E-state index >= 15 is 0 Å². The summed E-state index contributed by atoms with van der Waals surface area (Å²) < 4.78 is 33.3. The molecule has 0 radical (unpaired) electrons. The van der Waals surface area contributed by atoms with Crippen LogP contribution in [-0.4, -0.2) is 47.3 Å². The van der Waals surface area contributed by atoms with E-state index in [0.29, 0.717) is 26.2 Å². The molecule has 0 saturated carbocycles. The molecular formula is C12H21N3O3S. The van der Waals surface area contributed by atoms with Crippen molar-refractivity contribution >= 4 is 10.0 Å². The van der Waals surface area contributed by atoms with Gasteiger partial charge in [-0.25, -0.2) is 13.4 Å². The van der Waals surface area contributed by atoms with E-state index < -0.39 is 10.0 Å². The van der Waals surface area contributed by atoms with Gasteiger partial charge in [0.15, 0.2) is 0 Å². The number of fused-ring (bicyclic) bond motifs is 1. The van der Waals surface area contributed by atoms with E-state index in [-0.39, 0.29) is 11.8 Å². The third-order valence-corrected chi connectivity index (χ3v) is 5.40. The van der Waals surface area contributed by atoms with Crippen molar-refractivity contribution < 1.29 is 13.2 Å². The van der Waals surface area contributed by atoms with Crippen molar-refractivity contribution in [1.29, 1.82) is 0 Å². The Morgan fingerprint density at radius 1 is 1.47 bits per heavy atom. The van der Waals surface area contributed by atoms with Crippen molar-refractivity contribution in [3.63, 3.8) is 0 Å². The van der Waals surface area contributed by atoms with Gasteiger partial charge in [-0.1, -0.05) is 0 Å². The molecule has 1 aliphatic heterocycles. The van der Waals surface area contributed by atoms with E-state index in [4.69, 9.17) is 4.74 Å². The van der Waals surface area contributed by atoms with Gasteiger partial charge in [-0.3, -0.25) is 0 Å². The van der Waals surface area contributed by atoms with Crippen LogP contribution in [0.4, 0.5) is 0 Å². The van der Waals surface area contributed by atoms with E-state index in [1.54, 1.807) is 13.3 Å². The van der Waals surface area contributed by atoms with Crippen LogP contribution < -0.4 is 0 Å². The third-order valence-electron chi connectivity index (χ3n) is 3.52. The fourth-order valence-electron chi connectivity index (χ4n) is 2.39. The highest BCUT2D eigenvalue weighted by atomic mass is 32.2. The SMILES string of the molecule is CCOCC1Cc2c(ncn2C)CN1S(=O)(=O)CC. The number of rotatable bonds is 5. The summed E-state index contributed by atoms with van der Waals surface area (Å²) in [5, 5.41) is 0. The van der Waals surface area contributed by atoms with Gasteiger partial charge >= 0.3 is 0 Å². The largest absolute Gasteiger partial charge is 0.380 e. The van der Waals surface area contributed by atoms with E-state index in [2.05, 4.69) is 4.98 Å². The molecule has 0 amide bonds. The molecule has 7 heteroatoms. The fourth-order valence-corrected chi connectivity index (χ4v) is 3.63. The van der Waals surface area contributed by atoms with Crippen molar-refractivity contribution in [2.75, 3.05) is 19.0 Å². The standard InChI is InChI=1S/C12H21N3O3S/c1-4-18-8-10-6-12-11(13-9-14(12)3)7-15(10)19(16,17)5-2/h9-10H,4-8H2,1-3H3. The summed E-state index contributed by atoms with van der Waals surface area (Å²) in [7, 11) is -1.29. The van der Waals surface area contributed by atoms with E-state index in [9.17, 15) is 8.42 Å². The lowest BCUT2D eigenvalue weighted by atomic mass is 10.1. The van der Waals surface area contributed by atoms with Gasteiger partial charge in [0.1, 0.15) is 0 Å². The van der Waals surface area contributed by atoms with Crippen molar-refractivity contribution in [2.45, 2.75) is 32.9 Å². The number of aryl methyl sites for hydroxylation is 1. The molecule has 0 aliphatic carbocycles. The van der Waals surface area contributed by atoms with Crippen LogP contribution in [0.25, 0.3) is 0 Å². The van der Waals surface area contributed by atoms with Gasteiger partial charge in [0, 0.05) is 25.8 Å². The molecule has 2 heterocycles. The predicted molar refractivity (Wildman–Crippen MR) is 72.2 cm³/mol. The molecule has 0 spiro atoms. The van der Waals surface area contributed by atoms with Crippen LogP contribution in [0.5, 0.6) is 0 Å². The zero-order chi connectivity index (χ0) is 14.0. The second kappa shape index (κ2) is 5.60. The number of imidazole rings is 1. The maximum absolute atomic E-state index is 12.2. The molecule has 6 nitrogen and oxygen atoms in total. The van der Waals surface area contributed by atoms with E-state index in [1.165, 1.54) is 4.31 Å². The molecule has 0 bridgehead atoms. The zero-order valence-electron chi connectivity index (χ0n) is 11.7. The Hall–Kier alpha value is -0.920. The predicted octanol–water partition coefficient (Wildman–Crippen LogP) is 0.533. The van der Waals surface area contributed by atoms with Gasteiger partial charge in [0.25, 0.3) is 0 Å². The van der Waals surface area contributed by atoms with Gasteiger partial charge < -0.3 is 9.30 Å². The Morgan fingerprint density at radius 3 is 2.84 bits per heavy atom. The summed E-state index contributed by atoms with van der Waals surface area (Å²) >= 11 is 0. The monoisotopic (exact) mass is 287 g/mol. The molecule has 1 aromatic heterocycles. The van der Waals surface area contributed by atoms with Crippen LogP contribution >= 0.6 is 0 Å². The number of hydrogen-bond acceptors (Lipinski definition) is 4. The summed E-state index contributed by atoms with van der Waals surface area (Å²) in [6.07, 6.45) is 2.40. The van der Waals surface area contributed by atoms with Crippen LogP contribution in [0.2, 0.25) is 0 Å². The summed E-state index contributed by atoms with van der Waals surface area (Å²) in [6, 6.07) is -0.132. The number of aromatic nitrogens is 2. The van der Waals surface area contributed by atoms with Gasteiger partial charge in [0.2, 0.25) is 10.0 Å². The number of sulfonamides is 1. The minimum Gasteiger partial charge on any atom is -0.380 e. The first-order chi connectivity index (χ1) is 8.99. The summed E-state index contributed by atoms with van der Waals surface area (Å²) in [5.74, 6) is 0.109. The molecule has 1 unspecified atom stereocenters. The average Bonchev–Trinajstić information content (AvgIpc) is 2.76. The van der Waals surface area contributed by atoms with Crippen LogP contribution in [0.3, 0.4) is 0 Å². The zero-order valence-corrected chi connectivity index (χ0v) is 12.5. The lowest BCUT2D eigenvalue weighted by molar-refractivity contribution is 0.0902. The first kappa shape index (κ1) is 14.5. The van der Waals surface area contributed by atoms with Crippen LogP contribution in [0, 0.1) is 0 Å². The summed E-state index contributed by atoms with van der Waals surface area (Å²) in [6.45, 7) is 4.96. The van der Waals surface area contributed by atoms with Crippen molar-refractivity contribution in [3.05, 3.63) is 17.7 Å². The maximum atomic E-state index is 12.2. The Morgan fingerprint density at radius 2 is 2.21 bits per heavy atom. The van der Waals surface area contributed by atoms with Gasteiger partial charge in [-0.2, -0.15) is 4.31 Å². The van der Waals surface area contributed by atoms with Crippen molar-refractivity contribution in [3.8, 4) is 0 Å². The van der Waals surface area contributed by atoms with Crippen molar-refractivity contribution in [1.82, 2.24) is 13.9 Å². The average molecular weight is 287 g/mol. The molecule has 1 aromatic rings. The Kier molecular flexibility index (Phi) is 4.27. The lowest BCUT2D eigenvalue weighted by Gasteiger charge is -2.34. The number of ether oxygens (including phenoxy) is 1. The number of nitrogens with zero attached hydrogens (tertiary/aromatic N) is 3.